The molecule has 35 heavy (non-hydrogen) atoms. The van der Waals surface area contributed by atoms with Gasteiger partial charge in [-0.1, -0.05) is 25.7 Å². The van der Waals surface area contributed by atoms with Gasteiger partial charge in [0.2, 0.25) is 0 Å². The largest absolute Gasteiger partial charge is 0.353 e. The molecule has 4 aromatic heterocycles. The van der Waals surface area contributed by atoms with Gasteiger partial charge in [0.25, 0.3) is 0 Å². The van der Waals surface area contributed by atoms with Gasteiger partial charge in [-0.05, 0) is 55.2 Å². The number of nitrogens with zero attached hydrogens (tertiary/aromatic N) is 5. The van der Waals surface area contributed by atoms with Crippen molar-refractivity contribution in [3.63, 3.8) is 0 Å². The number of H-pyrrole nitrogens is 1. The van der Waals surface area contributed by atoms with Gasteiger partial charge in [0.1, 0.15) is 11.5 Å². The van der Waals surface area contributed by atoms with Crippen LogP contribution in [0.25, 0.3) is 33.3 Å². The lowest BCUT2D eigenvalue weighted by Gasteiger charge is -2.32. The van der Waals surface area contributed by atoms with Crippen LogP contribution in [0.5, 0.6) is 0 Å². The SMILES string of the molecule is c1cc(-c2nc(N3CCNCC3)c3c(C4CCC4)cncc3n2)c2cc(C3CCCCC3)[nH]c2n1. The zero-order chi connectivity index (χ0) is 23.2. The Morgan fingerprint density at radius 1 is 0.886 bits per heavy atom. The maximum Gasteiger partial charge on any atom is 0.163 e. The van der Waals surface area contributed by atoms with Crippen molar-refractivity contribution in [3.8, 4) is 11.4 Å². The molecule has 1 saturated heterocycles. The average molecular weight is 468 g/mol. The van der Waals surface area contributed by atoms with Gasteiger partial charge in [0.05, 0.1) is 11.7 Å². The normalized spacial score (nSPS) is 19.9. The number of aromatic amines is 1. The molecule has 0 atom stereocenters. The molecule has 3 aliphatic rings. The second-order valence-electron chi connectivity index (χ2n) is 10.5. The predicted octanol–water partition coefficient (Wildman–Crippen LogP) is 5.29. The van der Waals surface area contributed by atoms with E-state index in [0.29, 0.717) is 11.8 Å². The number of hydrogen-bond acceptors (Lipinski definition) is 6. The third kappa shape index (κ3) is 3.77. The van der Waals surface area contributed by atoms with E-state index >= 15 is 0 Å². The van der Waals surface area contributed by atoms with Crippen LogP contribution in [0.4, 0.5) is 5.82 Å². The lowest BCUT2D eigenvalue weighted by atomic mass is 9.79. The third-order valence-electron chi connectivity index (χ3n) is 8.42. The number of hydrogen-bond donors (Lipinski definition) is 2. The minimum Gasteiger partial charge on any atom is -0.353 e. The van der Waals surface area contributed by atoms with Crippen molar-refractivity contribution < 1.29 is 0 Å². The molecule has 3 fully saturated rings. The van der Waals surface area contributed by atoms with E-state index in [1.807, 2.05) is 12.4 Å². The van der Waals surface area contributed by atoms with Crippen LogP contribution in [-0.4, -0.2) is 51.1 Å². The molecular formula is C28H33N7. The Kier molecular flexibility index (Phi) is 5.38. The molecule has 0 bridgehead atoms. The second-order valence-corrected chi connectivity index (χ2v) is 10.5. The monoisotopic (exact) mass is 467 g/mol. The number of nitrogens with one attached hydrogen (secondary N) is 2. The van der Waals surface area contributed by atoms with Crippen molar-refractivity contribution in [2.75, 3.05) is 31.1 Å². The highest BCUT2D eigenvalue weighted by molar-refractivity contribution is 5.97. The molecule has 7 nitrogen and oxygen atoms in total. The zero-order valence-corrected chi connectivity index (χ0v) is 20.3. The molecule has 0 radical (unpaired) electrons. The van der Waals surface area contributed by atoms with Crippen molar-refractivity contribution in [2.45, 2.75) is 63.2 Å². The summed E-state index contributed by atoms with van der Waals surface area (Å²) in [6.45, 7) is 3.87. The number of piperazine rings is 1. The highest BCUT2D eigenvalue weighted by atomic mass is 15.2. The van der Waals surface area contributed by atoms with Crippen molar-refractivity contribution in [1.29, 1.82) is 0 Å². The molecule has 0 aromatic carbocycles. The second kappa shape index (κ2) is 8.86. The van der Waals surface area contributed by atoms with Crippen molar-refractivity contribution in [1.82, 2.24) is 30.2 Å². The molecule has 7 rings (SSSR count). The summed E-state index contributed by atoms with van der Waals surface area (Å²) in [5, 5.41) is 5.82. The van der Waals surface area contributed by atoms with Crippen LogP contribution in [0.15, 0.2) is 30.7 Å². The molecule has 0 amide bonds. The Hall–Kier alpha value is -3.06. The van der Waals surface area contributed by atoms with Gasteiger partial charge in [-0.25, -0.2) is 15.0 Å². The van der Waals surface area contributed by atoms with E-state index in [2.05, 4.69) is 43.5 Å². The van der Waals surface area contributed by atoms with Crippen LogP contribution in [-0.2, 0) is 0 Å². The Balaban J connectivity index is 1.39. The van der Waals surface area contributed by atoms with Gasteiger partial charge < -0.3 is 15.2 Å². The molecule has 0 spiro atoms. The Labute approximate surface area is 205 Å². The summed E-state index contributed by atoms with van der Waals surface area (Å²) < 4.78 is 0. The molecular weight excluding hydrogens is 434 g/mol. The molecule has 5 heterocycles. The van der Waals surface area contributed by atoms with Gasteiger partial charge in [-0.15, -0.1) is 0 Å². The Morgan fingerprint density at radius 3 is 2.51 bits per heavy atom. The van der Waals surface area contributed by atoms with Crippen LogP contribution in [0, 0.1) is 0 Å². The van der Waals surface area contributed by atoms with E-state index in [0.717, 1.165) is 59.9 Å². The smallest absolute Gasteiger partial charge is 0.163 e. The molecule has 1 aliphatic heterocycles. The lowest BCUT2D eigenvalue weighted by Crippen LogP contribution is -2.44. The van der Waals surface area contributed by atoms with Crippen molar-refractivity contribution in [2.24, 2.45) is 0 Å². The number of pyridine rings is 2. The van der Waals surface area contributed by atoms with Gasteiger partial charge in [-0.3, -0.25) is 4.98 Å². The Morgan fingerprint density at radius 2 is 1.71 bits per heavy atom. The summed E-state index contributed by atoms with van der Waals surface area (Å²) in [5.74, 6) is 3.04. The van der Waals surface area contributed by atoms with Crippen LogP contribution in [0.3, 0.4) is 0 Å². The summed E-state index contributed by atoms with van der Waals surface area (Å²) in [6, 6.07) is 4.39. The first-order chi connectivity index (χ1) is 17.3. The fourth-order valence-electron chi connectivity index (χ4n) is 6.22. The molecule has 180 valence electrons. The molecule has 7 heteroatoms. The van der Waals surface area contributed by atoms with Crippen LogP contribution in [0.1, 0.15) is 74.5 Å². The van der Waals surface area contributed by atoms with Gasteiger partial charge >= 0.3 is 0 Å². The minimum atomic E-state index is 0.581. The number of fused-ring (bicyclic) bond motifs is 2. The first-order valence-electron chi connectivity index (χ1n) is 13.4. The van der Waals surface area contributed by atoms with E-state index in [1.165, 1.54) is 68.0 Å². The fourth-order valence-corrected chi connectivity index (χ4v) is 6.22. The standard InChI is InChI=1S/C28H33N7/c1-2-5-19(6-3-1)23-15-21-20(9-10-31-26(21)32-23)27-33-24-17-30-16-22(18-7-4-8-18)25(24)28(34-27)35-13-11-29-12-14-35/h9-10,15-19,29H,1-8,11-14H2,(H,31,32). The average Bonchev–Trinajstić information content (AvgIpc) is 3.33. The zero-order valence-electron chi connectivity index (χ0n) is 20.3. The van der Waals surface area contributed by atoms with Crippen molar-refractivity contribution >= 4 is 27.8 Å². The first kappa shape index (κ1) is 21.2. The number of anilines is 1. The summed E-state index contributed by atoms with van der Waals surface area (Å²) in [7, 11) is 0. The highest BCUT2D eigenvalue weighted by Crippen LogP contribution is 2.42. The van der Waals surface area contributed by atoms with E-state index in [9.17, 15) is 0 Å². The van der Waals surface area contributed by atoms with E-state index in [1.54, 1.807) is 0 Å². The van der Waals surface area contributed by atoms with E-state index in [-0.39, 0.29) is 0 Å². The molecule has 2 N–H and O–H groups in total. The number of aromatic nitrogens is 5. The number of rotatable bonds is 4. The van der Waals surface area contributed by atoms with Crippen LogP contribution >= 0.6 is 0 Å². The topological polar surface area (TPSA) is 82.6 Å². The molecule has 4 aromatic rings. The summed E-state index contributed by atoms with van der Waals surface area (Å²) >= 11 is 0. The first-order valence-corrected chi connectivity index (χ1v) is 13.4. The summed E-state index contributed by atoms with van der Waals surface area (Å²) in [5.41, 5.74) is 5.60. The minimum absolute atomic E-state index is 0.581. The molecule has 2 aliphatic carbocycles. The fraction of sp³-hybridized carbons (Fsp3) is 0.500. The van der Waals surface area contributed by atoms with Crippen LogP contribution < -0.4 is 10.2 Å². The quantitative estimate of drug-likeness (QED) is 0.424. The van der Waals surface area contributed by atoms with E-state index < -0.39 is 0 Å². The molecule has 0 unspecified atom stereocenters. The van der Waals surface area contributed by atoms with Gasteiger partial charge in [-0.2, -0.15) is 0 Å². The van der Waals surface area contributed by atoms with Crippen LogP contribution in [0.2, 0.25) is 0 Å². The predicted molar refractivity (Wildman–Crippen MR) is 140 cm³/mol. The maximum atomic E-state index is 5.29. The maximum absolute atomic E-state index is 5.29. The van der Waals surface area contributed by atoms with E-state index in [4.69, 9.17) is 9.97 Å². The summed E-state index contributed by atoms with van der Waals surface area (Å²) in [6.07, 6.45) is 16.2. The van der Waals surface area contributed by atoms with Gasteiger partial charge in [0, 0.05) is 60.6 Å². The third-order valence-corrected chi connectivity index (χ3v) is 8.42. The van der Waals surface area contributed by atoms with Crippen molar-refractivity contribution in [3.05, 3.63) is 42.0 Å². The Bertz CT molecular complexity index is 1360. The molecule has 2 saturated carbocycles. The summed E-state index contributed by atoms with van der Waals surface area (Å²) in [4.78, 5) is 25.8. The lowest BCUT2D eigenvalue weighted by molar-refractivity contribution is 0.421. The van der Waals surface area contributed by atoms with Gasteiger partial charge in [0.15, 0.2) is 5.82 Å². The highest BCUT2D eigenvalue weighted by Gasteiger charge is 2.27.